The molecule has 1 rings (SSSR count). The number of phenols is 1. The minimum atomic E-state index is -0.750. The molecule has 348 valence electrons. The predicted molar refractivity (Wildman–Crippen MR) is 243 cm³/mol. The number of carbonyl (C=O) groups is 1. The van der Waals surface area contributed by atoms with E-state index in [9.17, 15) is 15.0 Å². The summed E-state index contributed by atoms with van der Waals surface area (Å²) < 4.78 is 9.39. The molecule has 1 aromatic carbocycles. The van der Waals surface area contributed by atoms with Crippen LogP contribution in [0, 0.1) is 17.2 Å². The fourth-order valence-corrected chi connectivity index (χ4v) is 4.17. The largest absolute Gasteiger partial charge is 0.509 e. The summed E-state index contributed by atoms with van der Waals surface area (Å²) in [5, 5.41) is 61.1. The molecular formula is C47H92N2O9Ti. The van der Waals surface area contributed by atoms with Gasteiger partial charge in [0.05, 0.1) is 19.3 Å². The number of carbonyl (C=O) groups excluding carboxylic acids is 1. The van der Waals surface area contributed by atoms with Gasteiger partial charge in [0.25, 0.3) is 0 Å². The average molecular weight is 877 g/mol. The van der Waals surface area contributed by atoms with E-state index in [-0.39, 0.29) is 63.5 Å². The number of aliphatic hydroxyl groups is 5. The first kappa shape index (κ1) is 68.7. The van der Waals surface area contributed by atoms with Crippen LogP contribution in [0.3, 0.4) is 0 Å². The maximum Gasteiger partial charge on any atom is 0.509 e. The van der Waals surface area contributed by atoms with E-state index >= 15 is 0 Å². The number of nitrogens with zero attached hydrogens (tertiary/aromatic N) is 2. The zero-order chi connectivity index (χ0) is 46.0. The average Bonchev–Trinajstić information content (AvgIpc) is 3.15. The Morgan fingerprint density at radius 3 is 1.46 bits per heavy atom. The van der Waals surface area contributed by atoms with Gasteiger partial charge < -0.3 is 40.1 Å². The summed E-state index contributed by atoms with van der Waals surface area (Å²) in [6.45, 7) is 30.5. The molecule has 11 nitrogen and oxygen atoms in total. The number of rotatable bonds is 19. The first-order valence-electron chi connectivity index (χ1n) is 22.0. The Balaban J connectivity index is -0.000000166. The summed E-state index contributed by atoms with van der Waals surface area (Å²) >= 11 is 0. The van der Waals surface area contributed by atoms with Crippen molar-refractivity contribution in [1.29, 1.82) is 5.26 Å². The van der Waals surface area contributed by atoms with E-state index in [0.29, 0.717) is 32.8 Å². The van der Waals surface area contributed by atoms with Gasteiger partial charge in [-0.15, -0.1) is 0 Å². The number of ether oxygens (including phenoxy) is 2. The Hall–Kier alpha value is -2.04. The fourth-order valence-electron chi connectivity index (χ4n) is 4.17. The summed E-state index contributed by atoms with van der Waals surface area (Å²) in [6, 6.07) is 5.90. The maximum absolute atomic E-state index is 10.9. The number of hydrogen-bond donors (Lipinski definition) is 6. The second kappa shape index (κ2) is 47.0. The maximum atomic E-state index is 10.9. The molecule has 0 radical (unpaired) electrons. The molecule has 0 amide bonds. The van der Waals surface area contributed by atoms with Crippen LogP contribution in [0.5, 0.6) is 5.75 Å². The summed E-state index contributed by atoms with van der Waals surface area (Å²) in [6.07, 6.45) is 13.3. The number of unbranched alkanes of at least 4 members (excludes halogenated alkanes) is 7. The van der Waals surface area contributed by atoms with Gasteiger partial charge in [0.1, 0.15) is 11.8 Å². The SMILES string of the molecule is CC(C)[C@H](CO)N=Cc1cc(C(C)(C)C)cc(C(C)(C)C)c1O.CCCCCCC(C#N)OC(=O)OCC.CCCCO.CCCCO.CCCCO.CCCCO.[Ti]. The normalized spacial score (nSPS) is 11.5. The van der Waals surface area contributed by atoms with E-state index in [1.807, 2.05) is 26.0 Å². The summed E-state index contributed by atoms with van der Waals surface area (Å²) in [7, 11) is 0. The summed E-state index contributed by atoms with van der Waals surface area (Å²) in [4.78, 5) is 15.4. The van der Waals surface area contributed by atoms with Crippen LogP contribution in [-0.2, 0) is 42.0 Å². The van der Waals surface area contributed by atoms with Gasteiger partial charge in [-0.2, -0.15) is 5.26 Å². The Kier molecular flexibility index (Phi) is 54.7. The van der Waals surface area contributed by atoms with Gasteiger partial charge in [0.15, 0.2) is 6.10 Å². The predicted octanol–water partition coefficient (Wildman–Crippen LogP) is 10.6. The number of aliphatic imine (C=N–C) groups is 1. The molecule has 0 aliphatic rings. The molecule has 6 N–H and O–H groups in total. The number of hydrogen-bond acceptors (Lipinski definition) is 11. The molecule has 1 unspecified atom stereocenters. The van der Waals surface area contributed by atoms with Crippen LogP contribution in [0.2, 0.25) is 0 Å². The Labute approximate surface area is 377 Å². The molecular weight excluding hydrogens is 784 g/mol. The van der Waals surface area contributed by atoms with Crippen molar-refractivity contribution in [2.75, 3.05) is 39.6 Å². The molecule has 0 saturated carbocycles. The monoisotopic (exact) mass is 877 g/mol. The molecule has 12 heteroatoms. The third kappa shape index (κ3) is 45.3. The Bertz CT molecular complexity index is 1080. The third-order valence-corrected chi connectivity index (χ3v) is 8.19. The van der Waals surface area contributed by atoms with E-state index in [2.05, 4.69) is 92.0 Å². The van der Waals surface area contributed by atoms with Crippen LogP contribution in [0.25, 0.3) is 0 Å². The number of nitriles is 1. The van der Waals surface area contributed by atoms with E-state index in [1.165, 1.54) is 5.56 Å². The smallest absolute Gasteiger partial charge is 0.507 e. The second-order valence-corrected chi connectivity index (χ2v) is 16.3. The number of aliphatic hydroxyl groups excluding tert-OH is 5. The first-order chi connectivity index (χ1) is 27.3. The van der Waals surface area contributed by atoms with Crippen LogP contribution in [-0.4, -0.2) is 94.8 Å². The Morgan fingerprint density at radius 2 is 1.17 bits per heavy atom. The Morgan fingerprint density at radius 1 is 0.729 bits per heavy atom. The quantitative estimate of drug-likeness (QED) is 0.0337. The molecule has 0 spiro atoms. The van der Waals surface area contributed by atoms with E-state index < -0.39 is 12.3 Å². The molecule has 0 fully saturated rings. The molecule has 1 aromatic rings. The van der Waals surface area contributed by atoms with Crippen molar-refractivity contribution >= 4 is 12.4 Å². The van der Waals surface area contributed by atoms with Crippen molar-refractivity contribution in [3.8, 4) is 11.8 Å². The van der Waals surface area contributed by atoms with Gasteiger partial charge >= 0.3 is 6.16 Å². The topological polar surface area (TPSA) is 193 Å². The number of benzene rings is 1. The molecule has 0 bridgehead atoms. The molecule has 0 aliphatic heterocycles. The number of phenolic OH excluding ortho intramolecular Hbond substituents is 1. The zero-order valence-electron chi connectivity index (χ0n) is 40.2. The molecule has 59 heavy (non-hydrogen) atoms. The van der Waals surface area contributed by atoms with Crippen LogP contribution >= 0.6 is 0 Å². The standard InChI is InChI=1S/C20H33NO2.C11H19NO3.4C4H10O.Ti/c1-13(2)17(12-22)21-11-14-9-15(19(3,4)5)10-16(18(14)23)20(6,7)8;1-3-5-6-7-8-10(9-12)15-11(13)14-4-2;4*1-2-3-4-5;/h9-11,13,17,22-23H,12H2,1-8H3;10H,3-8H2,1-2H3;4*5H,2-4H2,1H3;/t17-;;;;;;/m0....../s1. The van der Waals surface area contributed by atoms with Gasteiger partial charge in [-0.1, -0.05) is 141 Å². The molecule has 0 heterocycles. The number of aromatic hydroxyl groups is 1. The first-order valence-corrected chi connectivity index (χ1v) is 22.0. The van der Waals surface area contributed by atoms with E-state index in [1.54, 1.807) is 13.1 Å². The molecule has 0 aliphatic carbocycles. The van der Waals surface area contributed by atoms with E-state index in [4.69, 9.17) is 30.4 Å². The molecule has 0 aromatic heterocycles. The van der Waals surface area contributed by atoms with Crippen LogP contribution in [0.15, 0.2) is 17.1 Å². The van der Waals surface area contributed by atoms with Crippen molar-refractivity contribution in [2.24, 2.45) is 10.9 Å². The van der Waals surface area contributed by atoms with Crippen LogP contribution in [0.4, 0.5) is 4.79 Å². The van der Waals surface area contributed by atoms with E-state index in [0.717, 1.165) is 88.2 Å². The fraction of sp³-hybridized carbons (Fsp3) is 0.809. The summed E-state index contributed by atoms with van der Waals surface area (Å²) in [5.74, 6) is 0.543. The molecule has 0 saturated heterocycles. The van der Waals surface area contributed by atoms with Crippen LogP contribution < -0.4 is 0 Å². The van der Waals surface area contributed by atoms with Crippen molar-refractivity contribution in [3.05, 3.63) is 28.8 Å². The molecule has 2 atom stereocenters. The van der Waals surface area contributed by atoms with Gasteiger partial charge in [0.2, 0.25) is 0 Å². The minimum absolute atomic E-state index is 0. The second-order valence-electron chi connectivity index (χ2n) is 16.3. The minimum Gasteiger partial charge on any atom is -0.507 e. The van der Waals surface area contributed by atoms with Gasteiger partial charge in [-0.3, -0.25) is 4.99 Å². The van der Waals surface area contributed by atoms with Crippen molar-refractivity contribution in [3.63, 3.8) is 0 Å². The van der Waals surface area contributed by atoms with Crippen molar-refractivity contribution in [1.82, 2.24) is 0 Å². The third-order valence-electron chi connectivity index (χ3n) is 8.19. The zero-order valence-corrected chi connectivity index (χ0v) is 41.8. The summed E-state index contributed by atoms with van der Waals surface area (Å²) in [5.41, 5.74) is 2.66. The van der Waals surface area contributed by atoms with Gasteiger partial charge in [-0.25, -0.2) is 4.79 Å². The van der Waals surface area contributed by atoms with Crippen molar-refractivity contribution in [2.45, 2.75) is 203 Å². The van der Waals surface area contributed by atoms with Crippen LogP contribution in [0.1, 0.15) is 197 Å². The van der Waals surface area contributed by atoms with Gasteiger partial charge in [-0.05, 0) is 73.8 Å². The van der Waals surface area contributed by atoms with Gasteiger partial charge in [0, 0.05) is 65.5 Å². The van der Waals surface area contributed by atoms with Crippen molar-refractivity contribution < 1.29 is 66.6 Å².